The van der Waals surface area contributed by atoms with Crippen molar-refractivity contribution >= 4 is 0 Å². The summed E-state index contributed by atoms with van der Waals surface area (Å²) in [5.41, 5.74) is 1.09. The second-order valence-electron chi connectivity index (χ2n) is 2.06. The van der Waals surface area contributed by atoms with Crippen LogP contribution < -0.4 is 0 Å². The Morgan fingerprint density at radius 1 is 1.23 bits per heavy atom. The molecule has 2 nitrogen and oxygen atoms in total. The molecule has 0 saturated heterocycles. The first-order valence-corrected chi connectivity index (χ1v) is 3.40. The van der Waals surface area contributed by atoms with Gasteiger partial charge in [-0.25, -0.2) is 12.1 Å². The van der Waals surface area contributed by atoms with E-state index in [0.717, 1.165) is 5.69 Å². The number of nitrogens with one attached hydrogen (secondary N) is 2. The third kappa shape index (κ3) is 8.15. The molecule has 0 unspecified atom stereocenters. The Balaban J connectivity index is 0. The molecule has 0 saturated carbocycles. The van der Waals surface area contributed by atoms with Crippen LogP contribution in [0.4, 0.5) is 0 Å². The van der Waals surface area contributed by atoms with E-state index < -0.39 is 0 Å². The normalized spacial score (nSPS) is 7.15. The molecule has 0 atom stereocenters. The molecule has 0 aliphatic heterocycles. The van der Waals surface area contributed by atoms with Crippen LogP contribution in [0.1, 0.15) is 5.69 Å². The maximum Gasteiger partial charge on any atom is 2.00 e. The molecule has 2 heterocycles. The molecular formula is C9H10N2Ru2. The predicted molar refractivity (Wildman–Crippen MR) is 44.0 cm³/mol. The van der Waals surface area contributed by atoms with Crippen molar-refractivity contribution in [3.8, 4) is 0 Å². The first-order valence-electron chi connectivity index (χ1n) is 3.40. The molecule has 2 N–H and O–H groups in total. The van der Waals surface area contributed by atoms with E-state index >= 15 is 0 Å². The average molecular weight is 348 g/mol. The first-order chi connectivity index (χ1) is 5.39. The summed E-state index contributed by atoms with van der Waals surface area (Å²) in [5.74, 6) is 0. The Hall–Kier alpha value is -0.193. The minimum atomic E-state index is 0. The zero-order valence-corrected chi connectivity index (χ0v) is 10.6. The molecule has 0 radical (unpaired) electrons. The van der Waals surface area contributed by atoms with Crippen LogP contribution in [0.15, 0.2) is 30.6 Å². The van der Waals surface area contributed by atoms with E-state index in [1.807, 2.05) is 37.5 Å². The van der Waals surface area contributed by atoms with Gasteiger partial charge in [-0.15, -0.1) is 12.4 Å². The van der Waals surface area contributed by atoms with Crippen molar-refractivity contribution < 1.29 is 39.0 Å². The zero-order valence-electron chi connectivity index (χ0n) is 7.09. The SMILES string of the molecule is Cc1[c-]cc[nH]1.[Ru+2].[Ru].[c-]1ccc[nH]1. The maximum atomic E-state index is 2.94. The second-order valence-corrected chi connectivity index (χ2v) is 2.06. The molecule has 0 aromatic carbocycles. The topological polar surface area (TPSA) is 31.6 Å². The van der Waals surface area contributed by atoms with E-state index in [1.54, 1.807) is 0 Å². The van der Waals surface area contributed by atoms with Gasteiger partial charge < -0.3 is 9.97 Å². The van der Waals surface area contributed by atoms with Crippen molar-refractivity contribution in [1.29, 1.82) is 0 Å². The first kappa shape index (κ1) is 15.3. The van der Waals surface area contributed by atoms with Gasteiger partial charge in [0, 0.05) is 19.5 Å². The van der Waals surface area contributed by atoms with Crippen LogP contribution in [0.25, 0.3) is 0 Å². The molecular weight excluding hydrogens is 338 g/mol. The summed E-state index contributed by atoms with van der Waals surface area (Å²) in [6, 6.07) is 8.51. The summed E-state index contributed by atoms with van der Waals surface area (Å²) in [7, 11) is 0. The Kier molecular flexibility index (Phi) is 11.6. The fourth-order valence-electron chi connectivity index (χ4n) is 0.616. The Morgan fingerprint density at radius 2 is 2.00 bits per heavy atom. The molecule has 0 fully saturated rings. The number of rotatable bonds is 0. The number of aromatic nitrogens is 2. The van der Waals surface area contributed by atoms with E-state index in [1.165, 1.54) is 0 Å². The van der Waals surface area contributed by atoms with Gasteiger partial charge in [-0.05, 0) is 6.92 Å². The van der Waals surface area contributed by atoms with Crippen molar-refractivity contribution in [3.05, 3.63) is 48.5 Å². The van der Waals surface area contributed by atoms with Crippen LogP contribution in [0.2, 0.25) is 0 Å². The Labute approximate surface area is 104 Å². The molecule has 2 aromatic heterocycles. The van der Waals surface area contributed by atoms with Crippen molar-refractivity contribution in [2.75, 3.05) is 0 Å². The largest absolute Gasteiger partial charge is 2.00 e. The van der Waals surface area contributed by atoms with Crippen molar-refractivity contribution in [3.63, 3.8) is 0 Å². The van der Waals surface area contributed by atoms with E-state index in [0.29, 0.717) is 0 Å². The molecule has 13 heavy (non-hydrogen) atoms. The summed E-state index contributed by atoms with van der Waals surface area (Å²) in [6.07, 6.45) is 6.41. The fraction of sp³-hybridized carbons (Fsp3) is 0.111. The third-order valence-electron chi connectivity index (χ3n) is 1.13. The van der Waals surface area contributed by atoms with Gasteiger partial charge in [0.1, 0.15) is 0 Å². The van der Waals surface area contributed by atoms with E-state index in [4.69, 9.17) is 0 Å². The minimum absolute atomic E-state index is 0. The summed E-state index contributed by atoms with van der Waals surface area (Å²) >= 11 is 0. The van der Waals surface area contributed by atoms with Crippen LogP contribution in [-0.4, -0.2) is 9.97 Å². The second kappa shape index (κ2) is 9.89. The van der Waals surface area contributed by atoms with Gasteiger partial charge in [-0.2, -0.15) is 18.3 Å². The molecule has 0 bridgehead atoms. The van der Waals surface area contributed by atoms with E-state index in [-0.39, 0.29) is 39.0 Å². The summed E-state index contributed by atoms with van der Waals surface area (Å²) in [6.45, 7) is 1.97. The van der Waals surface area contributed by atoms with Crippen molar-refractivity contribution in [2.45, 2.75) is 6.92 Å². The van der Waals surface area contributed by atoms with Gasteiger partial charge in [-0.1, -0.05) is 5.69 Å². The smallest absolute Gasteiger partial charge is 0.484 e. The van der Waals surface area contributed by atoms with Gasteiger partial charge in [0.2, 0.25) is 0 Å². The predicted octanol–water partition coefficient (Wildman–Crippen LogP) is 1.93. The van der Waals surface area contributed by atoms with Gasteiger partial charge >= 0.3 is 19.5 Å². The fourth-order valence-corrected chi connectivity index (χ4v) is 0.616. The third-order valence-corrected chi connectivity index (χ3v) is 1.13. The molecule has 4 heteroatoms. The van der Waals surface area contributed by atoms with Crippen LogP contribution in [0.3, 0.4) is 0 Å². The van der Waals surface area contributed by atoms with Crippen molar-refractivity contribution in [2.24, 2.45) is 0 Å². The van der Waals surface area contributed by atoms with Crippen LogP contribution in [0, 0.1) is 19.2 Å². The van der Waals surface area contributed by atoms with Gasteiger partial charge in [-0.3, -0.25) is 0 Å². The maximum absolute atomic E-state index is 2.94. The zero-order chi connectivity index (χ0) is 7.94. The Morgan fingerprint density at radius 3 is 2.15 bits per heavy atom. The summed E-state index contributed by atoms with van der Waals surface area (Å²) in [4.78, 5) is 5.68. The van der Waals surface area contributed by atoms with Gasteiger partial charge in [0.05, 0.1) is 0 Å². The molecule has 0 amide bonds. The summed E-state index contributed by atoms with van der Waals surface area (Å²) < 4.78 is 0. The number of aryl methyl sites for hydroxylation is 1. The average Bonchev–Trinajstić information content (AvgIpc) is 2.57. The van der Waals surface area contributed by atoms with E-state index in [2.05, 4.69) is 22.2 Å². The van der Waals surface area contributed by atoms with Crippen LogP contribution in [-0.2, 0) is 39.0 Å². The standard InChI is InChI=1S/C5H6N.C4H4N.2Ru/c1-5-3-2-4-6-5;1-2-4-5-3-1;;/h2,4,6H,1H3;1-3,5H;;/q2*-1;;+2. The minimum Gasteiger partial charge on any atom is -0.484 e. The number of hydrogen-bond acceptors (Lipinski definition) is 0. The van der Waals surface area contributed by atoms with Crippen LogP contribution >= 0.6 is 0 Å². The number of hydrogen-bond donors (Lipinski definition) is 2. The quantitative estimate of drug-likeness (QED) is 0.539. The molecule has 0 spiro atoms. The monoisotopic (exact) mass is 350 g/mol. The van der Waals surface area contributed by atoms with Gasteiger partial charge in [0.15, 0.2) is 0 Å². The Bertz CT molecular complexity index is 234. The molecule has 0 aliphatic rings. The molecule has 72 valence electrons. The van der Waals surface area contributed by atoms with E-state index in [9.17, 15) is 0 Å². The number of aromatic amines is 2. The van der Waals surface area contributed by atoms with Crippen LogP contribution in [0.5, 0.6) is 0 Å². The van der Waals surface area contributed by atoms with Gasteiger partial charge in [0.25, 0.3) is 0 Å². The summed E-state index contributed by atoms with van der Waals surface area (Å²) in [5, 5.41) is 0. The molecule has 0 aliphatic carbocycles. The molecule has 2 rings (SSSR count). The number of H-pyrrole nitrogens is 2. The van der Waals surface area contributed by atoms with Crippen molar-refractivity contribution in [1.82, 2.24) is 9.97 Å². The molecule has 2 aromatic rings.